The monoisotopic (exact) mass is 431 g/mol. The zero-order valence-electron chi connectivity index (χ0n) is 15.7. The SMILES string of the molecule is O=C(Cc1csc(-c2ccco2)n1)Nc1cccc(S(=O)(=O)N2CCCCC2)c1. The highest BCUT2D eigenvalue weighted by molar-refractivity contribution is 7.89. The average Bonchev–Trinajstić information content (AvgIpc) is 3.40. The number of hydrogen-bond acceptors (Lipinski definition) is 6. The van der Waals surface area contributed by atoms with E-state index in [2.05, 4.69) is 10.3 Å². The van der Waals surface area contributed by atoms with Gasteiger partial charge in [-0.3, -0.25) is 4.79 Å². The maximum absolute atomic E-state index is 12.8. The standard InChI is InChI=1S/C20H21N3O4S2/c24-19(13-16-14-28-20(22-16)18-8-5-11-27-18)21-15-6-4-7-17(12-15)29(25,26)23-9-2-1-3-10-23/h4-8,11-12,14H,1-3,9-10,13H2,(H,21,24). The number of thiazole rings is 1. The largest absolute Gasteiger partial charge is 0.462 e. The summed E-state index contributed by atoms with van der Waals surface area (Å²) in [7, 11) is -3.54. The fraction of sp³-hybridized carbons (Fsp3) is 0.300. The van der Waals surface area contributed by atoms with Gasteiger partial charge in [0.05, 0.1) is 23.3 Å². The number of nitrogens with zero attached hydrogens (tertiary/aromatic N) is 2. The Hall–Kier alpha value is -2.49. The van der Waals surface area contributed by atoms with Crippen LogP contribution in [0, 0.1) is 0 Å². The molecule has 7 nitrogen and oxygen atoms in total. The molecular formula is C20H21N3O4S2. The maximum atomic E-state index is 12.8. The van der Waals surface area contributed by atoms with E-state index in [1.165, 1.54) is 21.7 Å². The third kappa shape index (κ3) is 4.58. The van der Waals surface area contributed by atoms with Crippen molar-refractivity contribution in [1.29, 1.82) is 0 Å². The molecule has 0 bridgehead atoms. The van der Waals surface area contributed by atoms with E-state index in [9.17, 15) is 13.2 Å². The van der Waals surface area contributed by atoms with E-state index in [1.54, 1.807) is 30.5 Å². The summed E-state index contributed by atoms with van der Waals surface area (Å²) in [6.45, 7) is 1.08. The molecule has 1 fully saturated rings. The molecule has 1 aromatic carbocycles. The molecule has 0 atom stereocenters. The van der Waals surface area contributed by atoms with E-state index >= 15 is 0 Å². The van der Waals surface area contributed by atoms with Gasteiger partial charge in [0.1, 0.15) is 0 Å². The molecule has 29 heavy (non-hydrogen) atoms. The normalized spacial score (nSPS) is 15.3. The third-order valence-corrected chi connectivity index (χ3v) is 7.50. The van der Waals surface area contributed by atoms with Gasteiger partial charge in [-0.15, -0.1) is 11.3 Å². The van der Waals surface area contributed by atoms with Gasteiger partial charge in [0.15, 0.2) is 10.8 Å². The lowest BCUT2D eigenvalue weighted by atomic mass is 10.2. The molecule has 3 heterocycles. The Balaban J connectivity index is 1.43. The number of benzene rings is 1. The molecule has 4 rings (SSSR count). The lowest BCUT2D eigenvalue weighted by molar-refractivity contribution is -0.115. The Morgan fingerprint density at radius 3 is 2.76 bits per heavy atom. The number of anilines is 1. The van der Waals surface area contributed by atoms with Crippen LogP contribution in [0.1, 0.15) is 25.0 Å². The first-order chi connectivity index (χ1) is 14.0. The predicted octanol–water partition coefficient (Wildman–Crippen LogP) is 3.76. The number of aromatic nitrogens is 1. The van der Waals surface area contributed by atoms with Crippen LogP contribution < -0.4 is 5.32 Å². The summed E-state index contributed by atoms with van der Waals surface area (Å²) >= 11 is 1.41. The predicted molar refractivity (Wildman–Crippen MR) is 111 cm³/mol. The molecule has 1 aliphatic heterocycles. The molecule has 1 amide bonds. The Morgan fingerprint density at radius 2 is 2.00 bits per heavy atom. The average molecular weight is 432 g/mol. The number of piperidine rings is 1. The Bertz CT molecular complexity index is 1080. The molecule has 0 aliphatic carbocycles. The molecule has 1 saturated heterocycles. The number of carbonyl (C=O) groups is 1. The number of rotatable bonds is 6. The summed E-state index contributed by atoms with van der Waals surface area (Å²) in [5, 5.41) is 5.30. The first kappa shape index (κ1) is 19.8. The van der Waals surface area contributed by atoms with Gasteiger partial charge in [-0.2, -0.15) is 4.31 Å². The fourth-order valence-corrected chi connectivity index (χ4v) is 5.61. The van der Waals surface area contributed by atoms with Crippen LogP contribution in [0.25, 0.3) is 10.8 Å². The van der Waals surface area contributed by atoms with Crippen molar-refractivity contribution in [3.8, 4) is 10.8 Å². The molecule has 0 spiro atoms. The molecule has 0 unspecified atom stereocenters. The second-order valence-electron chi connectivity index (χ2n) is 6.84. The highest BCUT2D eigenvalue weighted by Crippen LogP contribution is 2.25. The van der Waals surface area contributed by atoms with E-state index in [0.717, 1.165) is 19.3 Å². The Morgan fingerprint density at radius 1 is 1.17 bits per heavy atom. The summed E-state index contributed by atoms with van der Waals surface area (Å²) in [5.41, 5.74) is 1.09. The summed E-state index contributed by atoms with van der Waals surface area (Å²) in [5.74, 6) is 0.408. The number of furan rings is 1. The minimum absolute atomic E-state index is 0.0975. The lowest BCUT2D eigenvalue weighted by Crippen LogP contribution is -2.35. The molecule has 0 radical (unpaired) electrons. The third-order valence-electron chi connectivity index (χ3n) is 4.70. The molecular weight excluding hydrogens is 410 g/mol. The first-order valence-electron chi connectivity index (χ1n) is 9.41. The van der Waals surface area contributed by atoms with Crippen molar-refractivity contribution in [2.75, 3.05) is 18.4 Å². The van der Waals surface area contributed by atoms with Gasteiger partial charge < -0.3 is 9.73 Å². The van der Waals surface area contributed by atoms with Crippen LogP contribution in [0.4, 0.5) is 5.69 Å². The second kappa shape index (κ2) is 8.48. The van der Waals surface area contributed by atoms with Crippen LogP contribution in [0.5, 0.6) is 0 Å². The van der Waals surface area contributed by atoms with Gasteiger partial charge >= 0.3 is 0 Å². The molecule has 9 heteroatoms. The topological polar surface area (TPSA) is 92.5 Å². The quantitative estimate of drug-likeness (QED) is 0.642. The molecule has 3 aromatic rings. The van der Waals surface area contributed by atoms with Crippen molar-refractivity contribution in [2.24, 2.45) is 0 Å². The summed E-state index contributed by atoms with van der Waals surface area (Å²) in [6.07, 6.45) is 4.49. The highest BCUT2D eigenvalue weighted by Gasteiger charge is 2.26. The van der Waals surface area contributed by atoms with Crippen LogP contribution >= 0.6 is 11.3 Å². The number of carbonyl (C=O) groups excluding carboxylic acids is 1. The van der Waals surface area contributed by atoms with Crippen molar-refractivity contribution in [2.45, 2.75) is 30.6 Å². The van der Waals surface area contributed by atoms with Gasteiger partial charge in [0.2, 0.25) is 15.9 Å². The van der Waals surface area contributed by atoms with Crippen molar-refractivity contribution in [1.82, 2.24) is 9.29 Å². The molecule has 1 N–H and O–H groups in total. The van der Waals surface area contributed by atoms with Crippen molar-refractivity contribution in [3.05, 3.63) is 53.7 Å². The molecule has 2 aromatic heterocycles. The van der Waals surface area contributed by atoms with Crippen molar-refractivity contribution in [3.63, 3.8) is 0 Å². The zero-order chi connectivity index (χ0) is 20.3. The van der Waals surface area contributed by atoms with Crippen LogP contribution in [0.15, 0.2) is 57.4 Å². The first-order valence-corrected chi connectivity index (χ1v) is 11.7. The van der Waals surface area contributed by atoms with E-state index < -0.39 is 10.0 Å². The fourth-order valence-electron chi connectivity index (χ4n) is 3.26. The molecule has 1 aliphatic rings. The van der Waals surface area contributed by atoms with E-state index in [0.29, 0.717) is 35.2 Å². The number of hydrogen-bond donors (Lipinski definition) is 1. The van der Waals surface area contributed by atoms with Gasteiger partial charge in [0.25, 0.3) is 0 Å². The Kier molecular flexibility index (Phi) is 5.79. The zero-order valence-corrected chi connectivity index (χ0v) is 17.3. The minimum Gasteiger partial charge on any atom is -0.462 e. The second-order valence-corrected chi connectivity index (χ2v) is 9.63. The van der Waals surface area contributed by atoms with Crippen LogP contribution in [0.3, 0.4) is 0 Å². The van der Waals surface area contributed by atoms with Crippen molar-refractivity contribution >= 4 is 33.0 Å². The summed E-state index contributed by atoms with van der Waals surface area (Å²) < 4.78 is 32.5. The van der Waals surface area contributed by atoms with Crippen LogP contribution in [0.2, 0.25) is 0 Å². The van der Waals surface area contributed by atoms with E-state index in [1.807, 2.05) is 11.4 Å². The number of amides is 1. The van der Waals surface area contributed by atoms with Gasteiger partial charge in [0, 0.05) is 24.2 Å². The molecule has 0 saturated carbocycles. The van der Waals surface area contributed by atoms with E-state index in [4.69, 9.17) is 4.42 Å². The van der Waals surface area contributed by atoms with E-state index in [-0.39, 0.29) is 17.2 Å². The highest BCUT2D eigenvalue weighted by atomic mass is 32.2. The molecule has 152 valence electrons. The smallest absolute Gasteiger partial charge is 0.243 e. The number of sulfonamides is 1. The van der Waals surface area contributed by atoms with Gasteiger partial charge in [-0.25, -0.2) is 13.4 Å². The van der Waals surface area contributed by atoms with Crippen LogP contribution in [-0.4, -0.2) is 36.7 Å². The summed E-state index contributed by atoms with van der Waals surface area (Å²) in [6, 6.07) is 10.0. The van der Waals surface area contributed by atoms with Gasteiger partial charge in [-0.1, -0.05) is 12.5 Å². The number of nitrogens with one attached hydrogen (secondary N) is 1. The van der Waals surface area contributed by atoms with Gasteiger partial charge in [-0.05, 0) is 43.2 Å². The minimum atomic E-state index is -3.54. The van der Waals surface area contributed by atoms with Crippen molar-refractivity contribution < 1.29 is 17.6 Å². The maximum Gasteiger partial charge on any atom is 0.243 e. The van der Waals surface area contributed by atoms with Crippen LogP contribution in [-0.2, 0) is 21.2 Å². The Labute approximate surface area is 173 Å². The summed E-state index contributed by atoms with van der Waals surface area (Å²) in [4.78, 5) is 17.0. The lowest BCUT2D eigenvalue weighted by Gasteiger charge is -2.26.